The Kier molecular flexibility index (Phi) is 4.53. The van der Waals surface area contributed by atoms with E-state index < -0.39 is 0 Å². The van der Waals surface area contributed by atoms with E-state index in [-0.39, 0.29) is 5.82 Å². The molecule has 0 spiro atoms. The first-order chi connectivity index (χ1) is 9.19. The molecule has 0 radical (unpaired) electrons. The monoisotopic (exact) mass is 318 g/mol. The molecule has 2 rings (SSSR count). The quantitative estimate of drug-likeness (QED) is 0.920. The minimum Gasteiger partial charge on any atom is -0.384 e. The van der Waals surface area contributed by atoms with Gasteiger partial charge in [0.05, 0.1) is 11.3 Å². The largest absolute Gasteiger partial charge is 0.384 e. The second kappa shape index (κ2) is 6.35. The molecule has 0 aromatic heterocycles. The maximum Gasteiger partial charge on any atom is 0.123 e. The average molecular weight is 319 g/mol. The Morgan fingerprint density at radius 1 is 1.16 bits per heavy atom. The van der Waals surface area contributed by atoms with Crippen LogP contribution in [0.4, 0.5) is 10.1 Å². The average Bonchev–Trinajstić information content (AvgIpc) is 2.42. The van der Waals surface area contributed by atoms with Gasteiger partial charge in [-0.15, -0.1) is 0 Å². The summed E-state index contributed by atoms with van der Waals surface area (Å²) >= 11 is 3.33. The smallest absolute Gasteiger partial charge is 0.123 e. The van der Waals surface area contributed by atoms with Gasteiger partial charge in [0, 0.05) is 11.0 Å². The minimum atomic E-state index is -0.226. The van der Waals surface area contributed by atoms with E-state index in [0.717, 1.165) is 22.1 Å². The highest BCUT2D eigenvalue weighted by molar-refractivity contribution is 9.10. The van der Waals surface area contributed by atoms with Gasteiger partial charge < -0.3 is 5.32 Å². The van der Waals surface area contributed by atoms with Gasteiger partial charge in [0.2, 0.25) is 0 Å². The van der Waals surface area contributed by atoms with E-state index >= 15 is 0 Å². The number of rotatable bonds is 4. The summed E-state index contributed by atoms with van der Waals surface area (Å²) in [6, 6.07) is 14.1. The maximum absolute atomic E-state index is 12.8. The SMILES string of the molecule is N#Cc1cc(Br)ccc1NCCc1ccc(F)cc1. The van der Waals surface area contributed by atoms with Crippen molar-refractivity contribution in [2.24, 2.45) is 0 Å². The van der Waals surface area contributed by atoms with E-state index in [1.54, 1.807) is 18.2 Å². The standard InChI is InChI=1S/C15H12BrFN2/c16-13-3-6-15(12(9-13)10-18)19-8-7-11-1-4-14(17)5-2-11/h1-6,9,19H,7-8H2. The number of hydrogen-bond acceptors (Lipinski definition) is 2. The molecule has 0 saturated heterocycles. The van der Waals surface area contributed by atoms with Gasteiger partial charge in [-0.2, -0.15) is 5.26 Å². The van der Waals surface area contributed by atoms with Gasteiger partial charge in [0.1, 0.15) is 11.9 Å². The van der Waals surface area contributed by atoms with Crippen molar-refractivity contribution in [3.63, 3.8) is 0 Å². The molecule has 19 heavy (non-hydrogen) atoms. The summed E-state index contributed by atoms with van der Waals surface area (Å²) in [6.07, 6.45) is 0.779. The molecular weight excluding hydrogens is 307 g/mol. The Balaban J connectivity index is 1.96. The van der Waals surface area contributed by atoms with Gasteiger partial charge in [-0.25, -0.2) is 4.39 Å². The Hall–Kier alpha value is -1.86. The van der Waals surface area contributed by atoms with Crippen LogP contribution in [0, 0.1) is 17.1 Å². The second-order valence-corrected chi connectivity index (χ2v) is 5.02. The summed E-state index contributed by atoms with van der Waals surface area (Å²) in [5.74, 6) is -0.226. The molecule has 2 aromatic rings. The van der Waals surface area contributed by atoms with Crippen LogP contribution < -0.4 is 5.32 Å². The van der Waals surface area contributed by atoms with E-state index in [0.29, 0.717) is 12.1 Å². The van der Waals surface area contributed by atoms with Crippen LogP contribution in [0.15, 0.2) is 46.9 Å². The van der Waals surface area contributed by atoms with E-state index in [2.05, 4.69) is 27.3 Å². The highest BCUT2D eigenvalue weighted by atomic mass is 79.9. The Bertz CT molecular complexity index is 603. The normalized spacial score (nSPS) is 9.95. The third-order valence-electron chi connectivity index (χ3n) is 2.74. The zero-order valence-corrected chi connectivity index (χ0v) is 11.7. The zero-order valence-electron chi connectivity index (χ0n) is 10.2. The molecule has 2 aromatic carbocycles. The third-order valence-corrected chi connectivity index (χ3v) is 3.24. The molecule has 2 nitrogen and oxygen atoms in total. The summed E-state index contributed by atoms with van der Waals surface area (Å²) in [7, 11) is 0. The van der Waals surface area contributed by atoms with Crippen LogP contribution in [-0.2, 0) is 6.42 Å². The fourth-order valence-electron chi connectivity index (χ4n) is 1.76. The fraction of sp³-hybridized carbons (Fsp3) is 0.133. The van der Waals surface area contributed by atoms with Crippen LogP contribution in [-0.4, -0.2) is 6.54 Å². The van der Waals surface area contributed by atoms with Crippen molar-refractivity contribution in [2.75, 3.05) is 11.9 Å². The van der Waals surface area contributed by atoms with E-state index in [9.17, 15) is 4.39 Å². The summed E-state index contributed by atoms with van der Waals surface area (Å²) < 4.78 is 13.6. The van der Waals surface area contributed by atoms with Crippen molar-refractivity contribution in [3.8, 4) is 6.07 Å². The van der Waals surface area contributed by atoms with Crippen molar-refractivity contribution in [1.82, 2.24) is 0 Å². The van der Waals surface area contributed by atoms with Crippen molar-refractivity contribution in [3.05, 3.63) is 63.9 Å². The number of benzene rings is 2. The van der Waals surface area contributed by atoms with Crippen LogP contribution in [0.5, 0.6) is 0 Å². The van der Waals surface area contributed by atoms with Gasteiger partial charge >= 0.3 is 0 Å². The van der Waals surface area contributed by atoms with Gasteiger partial charge in [-0.05, 0) is 42.3 Å². The van der Waals surface area contributed by atoms with E-state index in [1.165, 1.54) is 12.1 Å². The highest BCUT2D eigenvalue weighted by Crippen LogP contribution is 2.20. The molecule has 0 unspecified atom stereocenters. The van der Waals surface area contributed by atoms with Crippen LogP contribution in [0.3, 0.4) is 0 Å². The molecule has 0 atom stereocenters. The van der Waals surface area contributed by atoms with Crippen LogP contribution in [0.1, 0.15) is 11.1 Å². The second-order valence-electron chi connectivity index (χ2n) is 4.10. The lowest BCUT2D eigenvalue weighted by Crippen LogP contribution is -2.06. The first-order valence-electron chi connectivity index (χ1n) is 5.87. The molecule has 0 amide bonds. The first-order valence-corrected chi connectivity index (χ1v) is 6.66. The third kappa shape index (κ3) is 3.80. The number of anilines is 1. The number of halogens is 2. The summed E-state index contributed by atoms with van der Waals surface area (Å²) in [5, 5.41) is 12.3. The van der Waals surface area contributed by atoms with Crippen molar-refractivity contribution in [1.29, 1.82) is 5.26 Å². The molecular formula is C15H12BrFN2. The molecule has 1 N–H and O–H groups in total. The van der Waals surface area contributed by atoms with Gasteiger partial charge in [-0.1, -0.05) is 28.1 Å². The Morgan fingerprint density at radius 3 is 2.58 bits per heavy atom. The first kappa shape index (κ1) is 13.6. The number of hydrogen-bond donors (Lipinski definition) is 1. The molecule has 0 heterocycles. The molecule has 4 heteroatoms. The van der Waals surface area contributed by atoms with Gasteiger partial charge in [0.25, 0.3) is 0 Å². The molecule has 0 aliphatic carbocycles. The molecule has 0 aliphatic rings. The number of nitriles is 1. The van der Waals surface area contributed by atoms with Crippen LogP contribution >= 0.6 is 15.9 Å². The molecule has 96 valence electrons. The fourth-order valence-corrected chi connectivity index (χ4v) is 2.12. The summed E-state index contributed by atoms with van der Waals surface area (Å²) in [6.45, 7) is 0.696. The lowest BCUT2D eigenvalue weighted by atomic mass is 10.1. The lowest BCUT2D eigenvalue weighted by Gasteiger charge is -2.08. The highest BCUT2D eigenvalue weighted by Gasteiger charge is 2.02. The van der Waals surface area contributed by atoms with E-state index in [4.69, 9.17) is 5.26 Å². The molecule has 0 bridgehead atoms. The molecule has 0 aliphatic heterocycles. The van der Waals surface area contributed by atoms with E-state index in [1.807, 2.05) is 12.1 Å². The van der Waals surface area contributed by atoms with Crippen molar-refractivity contribution < 1.29 is 4.39 Å². The van der Waals surface area contributed by atoms with Gasteiger partial charge in [0.15, 0.2) is 0 Å². The maximum atomic E-state index is 12.8. The predicted molar refractivity (Wildman–Crippen MR) is 77.5 cm³/mol. The predicted octanol–water partition coefficient (Wildman–Crippen LogP) is 4.11. The number of nitrogens with one attached hydrogen (secondary N) is 1. The van der Waals surface area contributed by atoms with Gasteiger partial charge in [-0.3, -0.25) is 0 Å². The van der Waals surface area contributed by atoms with Crippen LogP contribution in [0.2, 0.25) is 0 Å². The topological polar surface area (TPSA) is 35.8 Å². The molecule has 0 fully saturated rings. The van der Waals surface area contributed by atoms with Crippen molar-refractivity contribution in [2.45, 2.75) is 6.42 Å². The Labute approximate surface area is 120 Å². The summed E-state index contributed by atoms with van der Waals surface area (Å²) in [5.41, 5.74) is 2.48. The number of nitrogens with zero attached hydrogens (tertiary/aromatic N) is 1. The Morgan fingerprint density at radius 2 is 1.89 bits per heavy atom. The lowest BCUT2D eigenvalue weighted by molar-refractivity contribution is 0.627. The van der Waals surface area contributed by atoms with Crippen LogP contribution in [0.25, 0.3) is 0 Å². The summed E-state index contributed by atoms with van der Waals surface area (Å²) in [4.78, 5) is 0. The zero-order chi connectivity index (χ0) is 13.7. The van der Waals surface area contributed by atoms with Crippen molar-refractivity contribution >= 4 is 21.6 Å². The minimum absolute atomic E-state index is 0.226. The molecule has 0 saturated carbocycles.